The minimum absolute atomic E-state index is 0.0280. The largest absolute Gasteiger partial charge is 0.451 e. The van der Waals surface area contributed by atoms with Gasteiger partial charge in [0.15, 0.2) is 18.1 Å². The fourth-order valence-corrected chi connectivity index (χ4v) is 2.50. The molecule has 3 aromatic rings. The van der Waals surface area contributed by atoms with Crippen LogP contribution in [-0.2, 0) is 21.4 Å². The summed E-state index contributed by atoms with van der Waals surface area (Å²) in [6, 6.07) is 12.3. The number of hydrogen-bond donors (Lipinski definition) is 1. The van der Waals surface area contributed by atoms with Gasteiger partial charge in [0.2, 0.25) is 0 Å². The van der Waals surface area contributed by atoms with Crippen LogP contribution in [0.3, 0.4) is 0 Å². The molecule has 0 radical (unpaired) electrons. The van der Waals surface area contributed by atoms with Gasteiger partial charge in [0, 0.05) is 13.2 Å². The van der Waals surface area contributed by atoms with Gasteiger partial charge in [-0.15, -0.1) is 5.10 Å². The summed E-state index contributed by atoms with van der Waals surface area (Å²) < 4.78 is 7.85. The summed E-state index contributed by atoms with van der Waals surface area (Å²) in [4.78, 5) is 36.7. The Morgan fingerprint density at radius 2 is 1.90 bits per heavy atom. The number of carbonyl (C=O) groups excluding carboxylic acids is 3. The van der Waals surface area contributed by atoms with Crippen molar-refractivity contribution in [1.82, 2.24) is 30.1 Å². The van der Waals surface area contributed by atoms with Crippen LogP contribution in [0, 0.1) is 6.92 Å². The number of amides is 2. The molecule has 0 atom stereocenters. The number of benzene rings is 1. The third-order valence-electron chi connectivity index (χ3n) is 3.93. The second-order valence-corrected chi connectivity index (χ2v) is 6.04. The lowest BCUT2D eigenvalue weighted by molar-refractivity contribution is -0.143. The number of hydrogen-bond acceptors (Lipinski definition) is 7. The summed E-state index contributed by atoms with van der Waals surface area (Å²) >= 11 is 0. The minimum Gasteiger partial charge on any atom is -0.451 e. The van der Waals surface area contributed by atoms with Crippen LogP contribution >= 0.6 is 0 Å². The fourth-order valence-electron chi connectivity index (χ4n) is 2.50. The van der Waals surface area contributed by atoms with Crippen LogP contribution in [0.15, 0.2) is 48.7 Å². The predicted octanol–water partition coefficient (Wildman–Crippen LogP) is 0.818. The maximum atomic E-state index is 12.6. The van der Waals surface area contributed by atoms with E-state index in [0.29, 0.717) is 11.5 Å². The van der Waals surface area contributed by atoms with E-state index in [4.69, 9.17) is 4.74 Å². The number of esters is 1. The number of imide groups is 1. The summed E-state index contributed by atoms with van der Waals surface area (Å²) in [5, 5.41) is 13.2. The smallest absolute Gasteiger partial charge is 0.357 e. The van der Waals surface area contributed by atoms with Gasteiger partial charge in [-0.1, -0.05) is 30.3 Å². The second kappa shape index (κ2) is 8.74. The highest BCUT2D eigenvalue weighted by Crippen LogP contribution is 2.13. The number of aromatic nitrogens is 5. The first-order valence-corrected chi connectivity index (χ1v) is 8.60. The van der Waals surface area contributed by atoms with E-state index in [1.165, 1.54) is 4.68 Å². The molecule has 0 aliphatic rings. The summed E-state index contributed by atoms with van der Waals surface area (Å²) in [7, 11) is 1.68. The quantitative estimate of drug-likeness (QED) is 0.485. The number of tetrazole rings is 1. The molecule has 0 bridgehead atoms. The van der Waals surface area contributed by atoms with Crippen LogP contribution in [0.25, 0.3) is 11.8 Å². The van der Waals surface area contributed by atoms with Crippen molar-refractivity contribution in [3.05, 3.63) is 65.7 Å². The Hall–Kier alpha value is -4.08. The Labute approximate surface area is 165 Å². The van der Waals surface area contributed by atoms with E-state index < -0.39 is 24.4 Å². The van der Waals surface area contributed by atoms with E-state index in [1.807, 2.05) is 18.2 Å². The molecule has 148 valence electrons. The average Bonchev–Trinajstić information content (AvgIpc) is 3.33. The molecule has 1 N–H and O–H groups in total. The van der Waals surface area contributed by atoms with Gasteiger partial charge in [-0.25, -0.2) is 4.79 Å². The zero-order chi connectivity index (χ0) is 20.8. The molecule has 10 heteroatoms. The fraction of sp³-hybridized carbons (Fsp3) is 0.158. The van der Waals surface area contributed by atoms with Gasteiger partial charge < -0.3 is 9.30 Å². The maximum absolute atomic E-state index is 12.6. The van der Waals surface area contributed by atoms with Gasteiger partial charge in [0.25, 0.3) is 11.8 Å². The van der Waals surface area contributed by atoms with E-state index in [9.17, 15) is 14.4 Å². The Balaban J connectivity index is 1.70. The molecule has 0 saturated carbocycles. The van der Waals surface area contributed by atoms with E-state index in [2.05, 4.69) is 20.8 Å². The van der Waals surface area contributed by atoms with E-state index >= 15 is 0 Å². The standard InChI is InChI=1S/C19H18N6O4/c1-13-21-22-23-25(13)16(11-14-7-4-3-5-8-14)19(28)29-12-17(26)20-18(27)15-9-6-10-24(15)2/h3-11H,12H2,1-2H3,(H,20,26,27)/b16-11-. The first-order valence-electron chi connectivity index (χ1n) is 8.60. The van der Waals surface area contributed by atoms with Gasteiger partial charge in [-0.05, 0) is 41.1 Å². The first-order chi connectivity index (χ1) is 14.0. The van der Waals surface area contributed by atoms with E-state index in [-0.39, 0.29) is 5.70 Å². The molecule has 0 aliphatic heterocycles. The minimum atomic E-state index is -0.814. The van der Waals surface area contributed by atoms with Crippen LogP contribution in [0.5, 0.6) is 0 Å². The van der Waals surface area contributed by atoms with Crippen molar-refractivity contribution in [2.75, 3.05) is 6.61 Å². The highest BCUT2D eigenvalue weighted by atomic mass is 16.5. The molecule has 0 saturated heterocycles. The van der Waals surface area contributed by atoms with Gasteiger partial charge in [0.1, 0.15) is 5.69 Å². The molecule has 2 amide bonds. The topological polar surface area (TPSA) is 121 Å². The van der Waals surface area contributed by atoms with Gasteiger partial charge in [0.05, 0.1) is 0 Å². The lowest BCUT2D eigenvalue weighted by Crippen LogP contribution is -2.35. The first kappa shape index (κ1) is 19.7. The third kappa shape index (κ3) is 4.80. The van der Waals surface area contributed by atoms with Crippen molar-refractivity contribution in [2.45, 2.75) is 6.92 Å². The molecule has 0 fully saturated rings. The molecular weight excluding hydrogens is 376 g/mol. The maximum Gasteiger partial charge on any atom is 0.357 e. The summed E-state index contributed by atoms with van der Waals surface area (Å²) in [5.74, 6) is -1.79. The average molecular weight is 394 g/mol. The van der Waals surface area contributed by atoms with E-state index in [1.54, 1.807) is 55.1 Å². The number of nitrogens with zero attached hydrogens (tertiary/aromatic N) is 5. The SMILES string of the molecule is Cc1nnnn1/C(=C\c1ccccc1)C(=O)OCC(=O)NC(=O)c1cccn1C. The van der Waals surface area contributed by atoms with E-state index in [0.717, 1.165) is 5.56 Å². The molecule has 2 aromatic heterocycles. The second-order valence-electron chi connectivity index (χ2n) is 6.04. The highest BCUT2D eigenvalue weighted by Gasteiger charge is 2.20. The molecule has 29 heavy (non-hydrogen) atoms. The highest BCUT2D eigenvalue weighted by molar-refractivity contribution is 6.16. The summed E-state index contributed by atoms with van der Waals surface area (Å²) in [6.45, 7) is 0.986. The monoisotopic (exact) mass is 394 g/mol. The van der Waals surface area contributed by atoms with Gasteiger partial charge in [-0.2, -0.15) is 4.68 Å². The lowest BCUT2D eigenvalue weighted by atomic mass is 10.2. The summed E-state index contributed by atoms with van der Waals surface area (Å²) in [6.07, 6.45) is 3.22. The number of ether oxygens (including phenoxy) is 1. The predicted molar refractivity (Wildman–Crippen MR) is 102 cm³/mol. The third-order valence-corrected chi connectivity index (χ3v) is 3.93. The van der Waals surface area contributed by atoms with Crippen LogP contribution in [0.4, 0.5) is 0 Å². The molecule has 3 rings (SSSR count). The number of carbonyl (C=O) groups is 3. The lowest BCUT2D eigenvalue weighted by Gasteiger charge is -2.09. The van der Waals surface area contributed by atoms with Crippen LogP contribution in [0.1, 0.15) is 21.9 Å². The number of nitrogens with one attached hydrogen (secondary N) is 1. The molecule has 2 heterocycles. The molecular formula is C19H18N6O4. The normalized spacial score (nSPS) is 11.2. The Bertz CT molecular complexity index is 1070. The van der Waals surface area contributed by atoms with Crippen molar-refractivity contribution in [2.24, 2.45) is 7.05 Å². The number of rotatable bonds is 6. The Morgan fingerprint density at radius 3 is 2.52 bits per heavy atom. The zero-order valence-electron chi connectivity index (χ0n) is 15.8. The van der Waals surface area contributed by atoms with Crippen molar-refractivity contribution in [3.8, 4) is 0 Å². The Kier molecular flexibility index (Phi) is 5.93. The molecule has 1 aromatic carbocycles. The zero-order valence-corrected chi connectivity index (χ0v) is 15.8. The molecule has 10 nitrogen and oxygen atoms in total. The Morgan fingerprint density at radius 1 is 1.14 bits per heavy atom. The molecule has 0 spiro atoms. The van der Waals surface area contributed by atoms with Gasteiger partial charge >= 0.3 is 5.97 Å². The van der Waals surface area contributed by atoms with Crippen molar-refractivity contribution in [3.63, 3.8) is 0 Å². The van der Waals surface area contributed by atoms with Crippen molar-refractivity contribution < 1.29 is 19.1 Å². The van der Waals surface area contributed by atoms with Crippen molar-refractivity contribution >= 4 is 29.6 Å². The number of aryl methyl sites for hydroxylation is 2. The van der Waals surface area contributed by atoms with Crippen molar-refractivity contribution in [1.29, 1.82) is 0 Å². The summed E-state index contributed by atoms with van der Waals surface area (Å²) in [5.41, 5.74) is 1.05. The van der Waals surface area contributed by atoms with Crippen LogP contribution in [-0.4, -0.2) is 49.2 Å². The molecule has 0 aliphatic carbocycles. The van der Waals surface area contributed by atoms with Gasteiger partial charge in [-0.3, -0.25) is 14.9 Å². The van der Waals surface area contributed by atoms with Crippen LogP contribution < -0.4 is 5.32 Å². The van der Waals surface area contributed by atoms with Crippen LogP contribution in [0.2, 0.25) is 0 Å². The molecule has 0 unspecified atom stereocenters.